The Kier molecular flexibility index (Phi) is 5.62. The van der Waals surface area contributed by atoms with Gasteiger partial charge >= 0.3 is 0 Å². The Morgan fingerprint density at radius 1 is 1.28 bits per heavy atom. The molecule has 1 aliphatic rings. The molecule has 2 N–H and O–H groups in total. The van der Waals surface area contributed by atoms with E-state index in [1.54, 1.807) is 6.92 Å². The maximum Gasteiger partial charge on any atom is 0.215 e. The van der Waals surface area contributed by atoms with Crippen LogP contribution in [0.2, 0.25) is 0 Å². The van der Waals surface area contributed by atoms with Gasteiger partial charge in [-0.1, -0.05) is 20.8 Å². The predicted octanol–water partition coefficient (Wildman–Crippen LogP) is 1.87. The van der Waals surface area contributed by atoms with Gasteiger partial charge in [0.15, 0.2) is 0 Å². The van der Waals surface area contributed by atoms with Gasteiger partial charge in [0.2, 0.25) is 10.0 Å². The first-order valence-electron chi connectivity index (χ1n) is 6.99. The highest BCUT2D eigenvalue weighted by Gasteiger charge is 2.30. The van der Waals surface area contributed by atoms with Crippen molar-refractivity contribution >= 4 is 10.0 Å². The number of sulfonamides is 1. The van der Waals surface area contributed by atoms with Crippen LogP contribution in [0.1, 0.15) is 53.4 Å². The minimum atomic E-state index is -3.18. The highest BCUT2D eigenvalue weighted by atomic mass is 32.2. The molecule has 5 heteroatoms. The number of hydrogen-bond acceptors (Lipinski definition) is 3. The van der Waals surface area contributed by atoms with Crippen LogP contribution in [0.3, 0.4) is 0 Å². The van der Waals surface area contributed by atoms with Crippen LogP contribution in [0.5, 0.6) is 0 Å². The van der Waals surface area contributed by atoms with Gasteiger partial charge in [-0.2, -0.15) is 0 Å². The number of nitrogens with one attached hydrogen (secondary N) is 2. The summed E-state index contributed by atoms with van der Waals surface area (Å²) < 4.78 is 27.1. The standard InChI is InChI=1S/C13H28N2O2S/c1-5-14-10-11(2)18(16,17)15-12-6-8-13(3,4)9-7-12/h11-12,14-15H,5-10H2,1-4H3. The Morgan fingerprint density at radius 3 is 2.33 bits per heavy atom. The highest BCUT2D eigenvalue weighted by Crippen LogP contribution is 2.35. The zero-order valence-corrected chi connectivity index (χ0v) is 12.9. The molecule has 0 radical (unpaired) electrons. The molecule has 1 aliphatic carbocycles. The lowest BCUT2D eigenvalue weighted by Crippen LogP contribution is -2.45. The van der Waals surface area contributed by atoms with Crippen molar-refractivity contribution in [3.05, 3.63) is 0 Å². The molecular formula is C13H28N2O2S. The summed E-state index contributed by atoms with van der Waals surface area (Å²) in [5.41, 5.74) is 0.372. The molecule has 0 saturated heterocycles. The SMILES string of the molecule is CCNCC(C)S(=O)(=O)NC1CCC(C)(C)CC1. The smallest absolute Gasteiger partial charge is 0.215 e. The first-order chi connectivity index (χ1) is 8.27. The lowest BCUT2D eigenvalue weighted by Gasteiger charge is -2.34. The Hall–Kier alpha value is -0.130. The van der Waals surface area contributed by atoms with Crippen LogP contribution in [0.25, 0.3) is 0 Å². The summed E-state index contributed by atoms with van der Waals surface area (Å²) in [5, 5.41) is 2.72. The third kappa shape index (κ3) is 4.86. The fourth-order valence-corrected chi connectivity index (χ4v) is 3.59. The van der Waals surface area contributed by atoms with Crippen molar-refractivity contribution in [2.75, 3.05) is 13.1 Å². The largest absolute Gasteiger partial charge is 0.316 e. The molecule has 4 nitrogen and oxygen atoms in total. The van der Waals surface area contributed by atoms with Crippen LogP contribution >= 0.6 is 0 Å². The van der Waals surface area contributed by atoms with Crippen molar-refractivity contribution in [2.24, 2.45) is 5.41 Å². The second kappa shape index (κ2) is 6.35. The molecule has 108 valence electrons. The van der Waals surface area contributed by atoms with E-state index in [0.717, 1.165) is 32.2 Å². The molecule has 18 heavy (non-hydrogen) atoms. The Morgan fingerprint density at radius 2 is 1.83 bits per heavy atom. The summed E-state index contributed by atoms with van der Waals surface area (Å²) in [6.07, 6.45) is 4.11. The van der Waals surface area contributed by atoms with Crippen LogP contribution in [-0.2, 0) is 10.0 Å². The molecule has 1 fully saturated rings. The van der Waals surface area contributed by atoms with Crippen molar-refractivity contribution in [3.63, 3.8) is 0 Å². The Labute approximate surface area is 112 Å². The van der Waals surface area contributed by atoms with Crippen LogP contribution in [-0.4, -0.2) is 32.8 Å². The minimum absolute atomic E-state index is 0.132. The fraction of sp³-hybridized carbons (Fsp3) is 1.00. The average Bonchev–Trinajstić information content (AvgIpc) is 2.28. The zero-order chi connectivity index (χ0) is 13.8. The van der Waals surface area contributed by atoms with Crippen molar-refractivity contribution in [3.8, 4) is 0 Å². The zero-order valence-electron chi connectivity index (χ0n) is 12.1. The second-order valence-electron chi connectivity index (χ2n) is 6.22. The highest BCUT2D eigenvalue weighted by molar-refractivity contribution is 7.90. The topological polar surface area (TPSA) is 58.2 Å². The van der Waals surface area contributed by atoms with Crippen molar-refractivity contribution in [1.82, 2.24) is 10.0 Å². The summed E-state index contributed by atoms with van der Waals surface area (Å²) in [6.45, 7) is 9.58. The molecule has 0 aromatic rings. The number of hydrogen-bond donors (Lipinski definition) is 2. The second-order valence-corrected chi connectivity index (χ2v) is 8.35. The molecule has 0 heterocycles. The summed E-state index contributed by atoms with van der Waals surface area (Å²) in [6, 6.07) is 0.132. The lowest BCUT2D eigenvalue weighted by atomic mass is 9.76. The quantitative estimate of drug-likeness (QED) is 0.778. The average molecular weight is 276 g/mol. The van der Waals surface area contributed by atoms with E-state index in [2.05, 4.69) is 23.9 Å². The first kappa shape index (κ1) is 15.9. The first-order valence-corrected chi connectivity index (χ1v) is 8.53. The maximum absolute atomic E-state index is 12.1. The normalized spacial score (nSPS) is 22.9. The van der Waals surface area contributed by atoms with E-state index in [1.807, 2.05) is 6.92 Å². The van der Waals surface area contributed by atoms with Crippen molar-refractivity contribution < 1.29 is 8.42 Å². The molecule has 0 bridgehead atoms. The van der Waals surface area contributed by atoms with E-state index in [1.165, 1.54) is 0 Å². The van der Waals surface area contributed by atoms with E-state index in [4.69, 9.17) is 0 Å². The van der Waals surface area contributed by atoms with Gasteiger partial charge in [0.25, 0.3) is 0 Å². The van der Waals surface area contributed by atoms with E-state index in [9.17, 15) is 8.42 Å². The molecule has 0 aromatic carbocycles. The van der Waals surface area contributed by atoms with E-state index in [0.29, 0.717) is 12.0 Å². The maximum atomic E-state index is 12.1. The van der Waals surface area contributed by atoms with E-state index in [-0.39, 0.29) is 11.3 Å². The minimum Gasteiger partial charge on any atom is -0.316 e. The van der Waals surface area contributed by atoms with Gasteiger partial charge in [0, 0.05) is 12.6 Å². The van der Waals surface area contributed by atoms with Gasteiger partial charge in [-0.15, -0.1) is 0 Å². The summed E-state index contributed by atoms with van der Waals surface area (Å²) in [4.78, 5) is 0. The summed E-state index contributed by atoms with van der Waals surface area (Å²) >= 11 is 0. The van der Waals surface area contributed by atoms with Crippen LogP contribution < -0.4 is 10.0 Å². The summed E-state index contributed by atoms with van der Waals surface area (Å²) in [7, 11) is -3.18. The molecule has 0 amide bonds. The number of rotatable bonds is 6. The third-order valence-electron chi connectivity index (χ3n) is 3.88. The fourth-order valence-electron chi connectivity index (χ4n) is 2.32. The molecule has 1 atom stereocenters. The van der Waals surface area contributed by atoms with Crippen molar-refractivity contribution in [1.29, 1.82) is 0 Å². The van der Waals surface area contributed by atoms with Gasteiger partial charge in [-0.25, -0.2) is 13.1 Å². The molecule has 1 saturated carbocycles. The van der Waals surface area contributed by atoms with Gasteiger partial charge in [-0.05, 0) is 44.6 Å². The van der Waals surface area contributed by atoms with Crippen molar-refractivity contribution in [2.45, 2.75) is 64.7 Å². The molecular weight excluding hydrogens is 248 g/mol. The molecule has 1 unspecified atom stereocenters. The van der Waals surface area contributed by atoms with Gasteiger partial charge in [0.05, 0.1) is 5.25 Å². The van der Waals surface area contributed by atoms with E-state index >= 15 is 0 Å². The lowest BCUT2D eigenvalue weighted by molar-refractivity contribution is 0.218. The molecule has 0 aromatic heterocycles. The predicted molar refractivity (Wildman–Crippen MR) is 76.1 cm³/mol. The van der Waals surface area contributed by atoms with Gasteiger partial charge in [-0.3, -0.25) is 0 Å². The van der Waals surface area contributed by atoms with Crippen LogP contribution in [0.4, 0.5) is 0 Å². The van der Waals surface area contributed by atoms with E-state index < -0.39 is 10.0 Å². The molecule has 0 spiro atoms. The Balaban J connectivity index is 2.46. The van der Waals surface area contributed by atoms with Gasteiger partial charge < -0.3 is 5.32 Å². The summed E-state index contributed by atoms with van der Waals surface area (Å²) in [5.74, 6) is 0. The monoisotopic (exact) mass is 276 g/mol. The molecule has 0 aliphatic heterocycles. The van der Waals surface area contributed by atoms with Crippen LogP contribution in [0, 0.1) is 5.41 Å². The van der Waals surface area contributed by atoms with Gasteiger partial charge in [0.1, 0.15) is 0 Å². The van der Waals surface area contributed by atoms with Crippen LogP contribution in [0.15, 0.2) is 0 Å². The third-order valence-corrected chi connectivity index (χ3v) is 5.77. The Bertz CT molecular complexity index is 342. The molecule has 1 rings (SSSR count).